The fourth-order valence-electron chi connectivity index (χ4n) is 3.40. The van der Waals surface area contributed by atoms with E-state index in [4.69, 9.17) is 20.9 Å². The second-order valence-electron chi connectivity index (χ2n) is 6.78. The van der Waals surface area contributed by atoms with Crippen LogP contribution in [0.4, 0.5) is 0 Å². The molecular formula is C21H20ClN3O3. The van der Waals surface area contributed by atoms with Crippen LogP contribution in [-0.2, 0) is 0 Å². The molecule has 144 valence electrons. The highest BCUT2D eigenvalue weighted by molar-refractivity contribution is 6.30. The maximum absolute atomic E-state index is 12.8. The largest absolute Gasteiger partial charge is 0.497 e. The average molecular weight is 398 g/mol. The van der Waals surface area contributed by atoms with Gasteiger partial charge in [0.05, 0.1) is 13.0 Å². The van der Waals surface area contributed by atoms with E-state index in [0.717, 1.165) is 30.7 Å². The van der Waals surface area contributed by atoms with Gasteiger partial charge < -0.3 is 14.2 Å². The minimum absolute atomic E-state index is 0.00346. The summed E-state index contributed by atoms with van der Waals surface area (Å²) in [5, 5.41) is 4.73. The monoisotopic (exact) mass is 397 g/mol. The molecule has 0 bridgehead atoms. The summed E-state index contributed by atoms with van der Waals surface area (Å²) < 4.78 is 10.7. The van der Waals surface area contributed by atoms with Gasteiger partial charge in [-0.15, -0.1) is 0 Å². The fraction of sp³-hybridized carbons (Fsp3) is 0.286. The molecule has 28 heavy (non-hydrogen) atoms. The lowest BCUT2D eigenvalue weighted by Gasteiger charge is -2.31. The van der Waals surface area contributed by atoms with Gasteiger partial charge in [-0.1, -0.05) is 16.8 Å². The predicted octanol–water partition coefficient (Wildman–Crippen LogP) is 4.42. The topological polar surface area (TPSA) is 68.5 Å². The predicted molar refractivity (Wildman–Crippen MR) is 106 cm³/mol. The zero-order chi connectivity index (χ0) is 19.5. The van der Waals surface area contributed by atoms with E-state index in [1.54, 1.807) is 31.4 Å². The van der Waals surface area contributed by atoms with E-state index in [0.29, 0.717) is 28.8 Å². The highest BCUT2D eigenvalue weighted by Gasteiger charge is 2.29. The summed E-state index contributed by atoms with van der Waals surface area (Å²) in [5.74, 6) is 1.91. The molecule has 4 rings (SSSR count). The number of piperidine rings is 1. The molecule has 1 fully saturated rings. The maximum Gasteiger partial charge on any atom is 0.253 e. The van der Waals surface area contributed by atoms with E-state index in [1.165, 1.54) is 0 Å². The van der Waals surface area contributed by atoms with Gasteiger partial charge >= 0.3 is 0 Å². The molecule has 0 saturated carbocycles. The summed E-state index contributed by atoms with van der Waals surface area (Å²) in [6.07, 6.45) is 1.80. The number of rotatable bonds is 4. The number of carbonyl (C=O) groups is 1. The molecule has 0 N–H and O–H groups in total. The van der Waals surface area contributed by atoms with Gasteiger partial charge in [-0.2, -0.15) is 4.98 Å². The molecule has 0 spiro atoms. The minimum atomic E-state index is -0.00346. The summed E-state index contributed by atoms with van der Waals surface area (Å²) in [5.41, 5.74) is 1.50. The van der Waals surface area contributed by atoms with Crippen LogP contribution in [0.5, 0.6) is 5.75 Å². The molecule has 1 amide bonds. The quantitative estimate of drug-likeness (QED) is 0.651. The third kappa shape index (κ3) is 3.87. The zero-order valence-corrected chi connectivity index (χ0v) is 16.2. The second kappa shape index (κ2) is 8.02. The van der Waals surface area contributed by atoms with Crippen molar-refractivity contribution in [2.45, 2.75) is 18.8 Å². The molecule has 0 unspecified atom stereocenters. The molecule has 1 aliphatic heterocycles. The minimum Gasteiger partial charge on any atom is -0.497 e. The molecule has 3 aromatic rings. The molecule has 6 nitrogen and oxygen atoms in total. The van der Waals surface area contributed by atoms with Crippen molar-refractivity contribution in [3.63, 3.8) is 0 Å². The molecule has 0 radical (unpaired) electrons. The van der Waals surface area contributed by atoms with Crippen LogP contribution in [0.15, 0.2) is 53.1 Å². The summed E-state index contributed by atoms with van der Waals surface area (Å²) in [7, 11) is 1.63. The average Bonchev–Trinajstić information content (AvgIpc) is 3.24. The van der Waals surface area contributed by atoms with Gasteiger partial charge in [-0.25, -0.2) is 0 Å². The van der Waals surface area contributed by atoms with Gasteiger partial charge in [-0.05, 0) is 61.4 Å². The van der Waals surface area contributed by atoms with Gasteiger partial charge in [0.15, 0.2) is 0 Å². The number of hydrogen-bond acceptors (Lipinski definition) is 5. The number of nitrogens with zero attached hydrogens (tertiary/aromatic N) is 3. The van der Waals surface area contributed by atoms with Gasteiger partial charge in [0.2, 0.25) is 11.7 Å². The number of benzene rings is 2. The molecule has 2 aromatic carbocycles. The fourth-order valence-corrected chi connectivity index (χ4v) is 3.52. The number of likely N-dealkylation sites (tertiary alicyclic amines) is 1. The first kappa shape index (κ1) is 18.5. The Balaban J connectivity index is 1.48. The Morgan fingerprint density at radius 2 is 1.93 bits per heavy atom. The van der Waals surface area contributed by atoms with E-state index in [2.05, 4.69) is 10.1 Å². The molecule has 1 atom stereocenters. The van der Waals surface area contributed by atoms with Crippen LogP contribution in [0, 0.1) is 0 Å². The molecule has 7 heteroatoms. The Hall–Kier alpha value is -2.86. The summed E-state index contributed by atoms with van der Waals surface area (Å²) in [6, 6.07) is 14.5. The van der Waals surface area contributed by atoms with Crippen LogP contribution in [0.1, 0.15) is 35.0 Å². The van der Waals surface area contributed by atoms with Crippen molar-refractivity contribution < 1.29 is 14.1 Å². The molecular weight excluding hydrogens is 378 g/mol. The molecule has 0 aliphatic carbocycles. The lowest BCUT2D eigenvalue weighted by molar-refractivity contribution is 0.0695. The van der Waals surface area contributed by atoms with Crippen molar-refractivity contribution >= 4 is 17.5 Å². The number of ether oxygens (including phenoxy) is 1. The zero-order valence-electron chi connectivity index (χ0n) is 15.5. The molecule has 1 aliphatic rings. The van der Waals surface area contributed by atoms with Crippen molar-refractivity contribution in [3.05, 3.63) is 65.0 Å². The Kier molecular flexibility index (Phi) is 5.30. The summed E-state index contributed by atoms with van der Waals surface area (Å²) >= 11 is 5.92. The molecule has 1 saturated heterocycles. The van der Waals surface area contributed by atoms with E-state index in [9.17, 15) is 4.79 Å². The molecule has 1 aromatic heterocycles. The normalized spacial score (nSPS) is 16.8. The Labute approximate surface area is 168 Å². The third-order valence-electron chi connectivity index (χ3n) is 4.94. The van der Waals surface area contributed by atoms with Gasteiger partial charge in [0.25, 0.3) is 5.91 Å². The number of carbonyl (C=O) groups excluding carboxylic acids is 1. The van der Waals surface area contributed by atoms with Crippen LogP contribution in [0.2, 0.25) is 5.02 Å². The van der Waals surface area contributed by atoms with E-state index >= 15 is 0 Å². The Morgan fingerprint density at radius 1 is 1.18 bits per heavy atom. The highest BCUT2D eigenvalue weighted by atomic mass is 35.5. The number of amides is 1. The maximum atomic E-state index is 12.8. The summed E-state index contributed by atoms with van der Waals surface area (Å²) in [6.45, 7) is 1.28. The van der Waals surface area contributed by atoms with Crippen molar-refractivity contribution in [1.29, 1.82) is 0 Å². The smallest absolute Gasteiger partial charge is 0.253 e. The van der Waals surface area contributed by atoms with Gasteiger partial charge in [0.1, 0.15) is 5.75 Å². The van der Waals surface area contributed by atoms with Crippen molar-refractivity contribution in [3.8, 4) is 17.1 Å². The lowest BCUT2D eigenvalue weighted by Crippen LogP contribution is -2.39. The van der Waals surface area contributed by atoms with E-state index in [1.807, 2.05) is 29.2 Å². The number of halogens is 1. The first-order chi connectivity index (χ1) is 13.6. The first-order valence-electron chi connectivity index (χ1n) is 9.17. The Morgan fingerprint density at radius 3 is 2.64 bits per heavy atom. The van der Waals surface area contributed by atoms with Crippen LogP contribution in [-0.4, -0.2) is 41.1 Å². The number of aromatic nitrogens is 2. The van der Waals surface area contributed by atoms with Crippen LogP contribution in [0.25, 0.3) is 11.4 Å². The lowest BCUT2D eigenvalue weighted by atomic mass is 9.97. The molecule has 2 heterocycles. The van der Waals surface area contributed by atoms with E-state index < -0.39 is 0 Å². The highest BCUT2D eigenvalue weighted by Crippen LogP contribution is 2.29. The van der Waals surface area contributed by atoms with Gasteiger partial charge in [-0.3, -0.25) is 4.79 Å². The standard InChI is InChI=1S/C21H20ClN3O3/c1-27-18-10-6-14(7-11-18)19-23-20(28-24-19)16-3-2-12-25(13-16)21(26)15-4-8-17(22)9-5-15/h4-11,16H,2-3,12-13H2,1H3/t16-/m0/s1. The van der Waals surface area contributed by atoms with Gasteiger partial charge in [0, 0.05) is 29.2 Å². The van der Waals surface area contributed by atoms with Crippen molar-refractivity contribution in [2.75, 3.05) is 20.2 Å². The summed E-state index contributed by atoms with van der Waals surface area (Å²) in [4.78, 5) is 19.2. The van der Waals surface area contributed by atoms with Crippen LogP contribution in [0.3, 0.4) is 0 Å². The van der Waals surface area contributed by atoms with E-state index in [-0.39, 0.29) is 11.8 Å². The van der Waals surface area contributed by atoms with Crippen molar-refractivity contribution in [2.24, 2.45) is 0 Å². The Bertz CT molecular complexity index is 954. The van der Waals surface area contributed by atoms with Crippen molar-refractivity contribution in [1.82, 2.24) is 15.0 Å². The van der Waals surface area contributed by atoms with Crippen LogP contribution >= 0.6 is 11.6 Å². The third-order valence-corrected chi connectivity index (χ3v) is 5.19. The number of methoxy groups -OCH3 is 1. The number of hydrogen-bond donors (Lipinski definition) is 0. The second-order valence-corrected chi connectivity index (χ2v) is 7.22. The van der Waals surface area contributed by atoms with Crippen LogP contribution < -0.4 is 4.74 Å². The SMILES string of the molecule is COc1ccc(-c2noc([C@H]3CCCN(C(=O)c4ccc(Cl)cc4)C3)n2)cc1. The first-order valence-corrected chi connectivity index (χ1v) is 9.54.